The second kappa shape index (κ2) is 4.58. The van der Waals surface area contributed by atoms with Crippen LogP contribution in [0.2, 0.25) is 0 Å². The Morgan fingerprint density at radius 2 is 2.31 bits per heavy atom. The molecule has 1 fully saturated rings. The Labute approximate surface area is 78.8 Å². The molecule has 0 bridgehead atoms. The van der Waals surface area contributed by atoms with E-state index in [1.165, 1.54) is 12.8 Å². The van der Waals surface area contributed by atoms with E-state index in [2.05, 4.69) is 5.32 Å². The first-order chi connectivity index (χ1) is 6.22. The molecule has 1 rings (SSSR count). The molecule has 1 aliphatic rings. The van der Waals surface area contributed by atoms with E-state index < -0.39 is 0 Å². The lowest BCUT2D eigenvalue weighted by molar-refractivity contribution is -0.120. The van der Waals surface area contributed by atoms with E-state index in [1.807, 2.05) is 0 Å². The van der Waals surface area contributed by atoms with E-state index in [0.717, 1.165) is 19.6 Å². The average Bonchev–Trinajstić information content (AvgIpc) is 2.92. The van der Waals surface area contributed by atoms with Gasteiger partial charge in [0.25, 0.3) is 0 Å². The lowest BCUT2D eigenvalue weighted by Gasteiger charge is -2.14. The van der Waals surface area contributed by atoms with Gasteiger partial charge in [-0.05, 0) is 24.7 Å². The number of amides is 1. The van der Waals surface area contributed by atoms with Crippen molar-refractivity contribution in [3.05, 3.63) is 0 Å². The summed E-state index contributed by atoms with van der Waals surface area (Å²) in [5, 5.41) is 2.82. The third-order valence-corrected chi connectivity index (χ3v) is 2.64. The molecule has 0 aromatic carbocycles. The maximum atomic E-state index is 10.9. The fraction of sp³-hybridized carbons (Fsp3) is 0.889. The molecule has 1 saturated carbocycles. The van der Waals surface area contributed by atoms with Gasteiger partial charge in [-0.3, -0.25) is 4.79 Å². The van der Waals surface area contributed by atoms with Crippen molar-refractivity contribution in [1.82, 2.24) is 5.32 Å². The smallest absolute Gasteiger partial charge is 0.233 e. The van der Waals surface area contributed by atoms with Crippen LogP contribution in [0.1, 0.15) is 19.3 Å². The molecule has 1 amide bonds. The third-order valence-electron chi connectivity index (χ3n) is 2.64. The fourth-order valence-corrected chi connectivity index (χ4v) is 1.37. The predicted molar refractivity (Wildman–Crippen MR) is 50.2 cm³/mol. The standard InChI is InChI=1S/C9H18N2O2/c1-13-5-4-9(2-3-9)7-11-8(12)6-10/h2-7,10H2,1H3,(H,11,12). The van der Waals surface area contributed by atoms with Crippen molar-refractivity contribution in [2.75, 3.05) is 26.8 Å². The summed E-state index contributed by atoms with van der Waals surface area (Å²) >= 11 is 0. The van der Waals surface area contributed by atoms with Gasteiger partial charge in [-0.25, -0.2) is 0 Å². The van der Waals surface area contributed by atoms with Crippen molar-refractivity contribution >= 4 is 5.91 Å². The molecule has 0 aliphatic heterocycles. The van der Waals surface area contributed by atoms with Crippen LogP contribution in [-0.2, 0) is 9.53 Å². The van der Waals surface area contributed by atoms with Crippen molar-refractivity contribution in [3.8, 4) is 0 Å². The Kier molecular flexibility index (Phi) is 3.69. The summed E-state index contributed by atoms with van der Waals surface area (Å²) in [7, 11) is 1.70. The van der Waals surface area contributed by atoms with E-state index >= 15 is 0 Å². The number of carbonyl (C=O) groups is 1. The Morgan fingerprint density at radius 3 is 2.77 bits per heavy atom. The summed E-state index contributed by atoms with van der Waals surface area (Å²) in [5.74, 6) is -0.0660. The fourth-order valence-electron chi connectivity index (χ4n) is 1.37. The van der Waals surface area contributed by atoms with Crippen LogP contribution in [0.15, 0.2) is 0 Å². The number of hydrogen-bond acceptors (Lipinski definition) is 3. The van der Waals surface area contributed by atoms with E-state index in [0.29, 0.717) is 5.41 Å². The molecule has 0 aromatic heterocycles. The molecular weight excluding hydrogens is 168 g/mol. The Balaban J connectivity index is 2.16. The summed E-state index contributed by atoms with van der Waals surface area (Å²) in [5.41, 5.74) is 5.51. The molecule has 13 heavy (non-hydrogen) atoms. The molecule has 4 heteroatoms. The average molecular weight is 186 g/mol. The summed E-state index contributed by atoms with van der Waals surface area (Å²) in [6, 6.07) is 0. The minimum Gasteiger partial charge on any atom is -0.385 e. The topological polar surface area (TPSA) is 64.3 Å². The van der Waals surface area contributed by atoms with Gasteiger partial charge >= 0.3 is 0 Å². The van der Waals surface area contributed by atoms with Gasteiger partial charge in [0.2, 0.25) is 5.91 Å². The van der Waals surface area contributed by atoms with Crippen LogP contribution in [0.4, 0.5) is 0 Å². The zero-order valence-corrected chi connectivity index (χ0v) is 8.14. The Bertz CT molecular complexity index is 178. The second-order valence-corrected chi connectivity index (χ2v) is 3.72. The number of nitrogens with one attached hydrogen (secondary N) is 1. The zero-order chi connectivity index (χ0) is 9.73. The highest BCUT2D eigenvalue weighted by atomic mass is 16.5. The monoisotopic (exact) mass is 186 g/mol. The quantitative estimate of drug-likeness (QED) is 0.607. The first-order valence-corrected chi connectivity index (χ1v) is 4.68. The lowest BCUT2D eigenvalue weighted by atomic mass is 10.0. The highest BCUT2D eigenvalue weighted by Gasteiger charge is 2.41. The number of nitrogens with two attached hydrogens (primary N) is 1. The van der Waals surface area contributed by atoms with Gasteiger partial charge in [0, 0.05) is 20.3 Å². The van der Waals surface area contributed by atoms with Crippen LogP contribution in [-0.4, -0.2) is 32.7 Å². The van der Waals surface area contributed by atoms with Crippen LogP contribution in [0.3, 0.4) is 0 Å². The molecule has 0 saturated heterocycles. The van der Waals surface area contributed by atoms with Crippen LogP contribution in [0, 0.1) is 5.41 Å². The summed E-state index contributed by atoms with van der Waals surface area (Å²) in [4.78, 5) is 10.9. The van der Waals surface area contributed by atoms with E-state index in [-0.39, 0.29) is 12.5 Å². The number of hydrogen-bond donors (Lipinski definition) is 2. The summed E-state index contributed by atoms with van der Waals surface area (Å²) in [6.07, 6.45) is 3.43. The molecule has 4 nitrogen and oxygen atoms in total. The number of rotatable bonds is 6. The van der Waals surface area contributed by atoms with Gasteiger partial charge in [0.05, 0.1) is 6.54 Å². The van der Waals surface area contributed by atoms with Gasteiger partial charge in [-0.2, -0.15) is 0 Å². The van der Waals surface area contributed by atoms with Gasteiger partial charge in [-0.15, -0.1) is 0 Å². The van der Waals surface area contributed by atoms with Gasteiger partial charge in [0.1, 0.15) is 0 Å². The predicted octanol–water partition coefficient (Wildman–Crippen LogP) is -0.122. The maximum Gasteiger partial charge on any atom is 0.233 e. The van der Waals surface area contributed by atoms with Crippen molar-refractivity contribution in [2.45, 2.75) is 19.3 Å². The van der Waals surface area contributed by atoms with Gasteiger partial charge in [-0.1, -0.05) is 0 Å². The van der Waals surface area contributed by atoms with Crippen molar-refractivity contribution in [1.29, 1.82) is 0 Å². The molecule has 1 aliphatic carbocycles. The normalized spacial score (nSPS) is 18.3. The van der Waals surface area contributed by atoms with Gasteiger partial charge in [0.15, 0.2) is 0 Å². The van der Waals surface area contributed by atoms with Crippen molar-refractivity contribution in [3.63, 3.8) is 0 Å². The lowest BCUT2D eigenvalue weighted by Crippen LogP contribution is -2.35. The summed E-state index contributed by atoms with van der Waals surface area (Å²) in [6.45, 7) is 1.62. The van der Waals surface area contributed by atoms with E-state index in [1.54, 1.807) is 7.11 Å². The highest BCUT2D eigenvalue weighted by Crippen LogP contribution is 2.48. The summed E-state index contributed by atoms with van der Waals surface area (Å²) < 4.78 is 5.01. The number of carbonyl (C=O) groups excluding carboxylic acids is 1. The molecule has 0 aromatic rings. The first kappa shape index (κ1) is 10.5. The molecular formula is C9H18N2O2. The SMILES string of the molecule is COCCC1(CNC(=O)CN)CC1. The second-order valence-electron chi connectivity index (χ2n) is 3.72. The van der Waals surface area contributed by atoms with E-state index in [4.69, 9.17) is 10.5 Å². The minimum atomic E-state index is -0.0660. The van der Waals surface area contributed by atoms with E-state index in [9.17, 15) is 4.79 Å². The van der Waals surface area contributed by atoms with Gasteiger partial charge < -0.3 is 15.8 Å². The number of ether oxygens (including phenoxy) is 1. The van der Waals surface area contributed by atoms with Crippen LogP contribution >= 0.6 is 0 Å². The van der Waals surface area contributed by atoms with Crippen LogP contribution in [0.5, 0.6) is 0 Å². The Morgan fingerprint density at radius 1 is 1.62 bits per heavy atom. The Hall–Kier alpha value is -0.610. The largest absolute Gasteiger partial charge is 0.385 e. The molecule has 0 unspecified atom stereocenters. The van der Waals surface area contributed by atoms with Crippen LogP contribution < -0.4 is 11.1 Å². The molecule has 3 N–H and O–H groups in total. The van der Waals surface area contributed by atoms with Crippen LogP contribution in [0.25, 0.3) is 0 Å². The molecule has 0 spiro atoms. The molecule has 0 heterocycles. The first-order valence-electron chi connectivity index (χ1n) is 4.68. The molecule has 0 radical (unpaired) electrons. The van der Waals surface area contributed by atoms with Crippen molar-refractivity contribution < 1.29 is 9.53 Å². The zero-order valence-electron chi connectivity index (χ0n) is 8.14. The highest BCUT2D eigenvalue weighted by molar-refractivity contribution is 5.77. The maximum absolute atomic E-state index is 10.9. The van der Waals surface area contributed by atoms with Crippen molar-refractivity contribution in [2.24, 2.45) is 11.1 Å². The number of methoxy groups -OCH3 is 1. The molecule has 0 atom stereocenters. The molecule has 76 valence electrons. The minimum absolute atomic E-state index is 0.0660. The third kappa shape index (κ3) is 3.32.